The molecule has 0 bridgehead atoms. The number of pyridine rings is 1. The fraction of sp³-hybridized carbons (Fsp3) is 0.579. The van der Waals surface area contributed by atoms with Crippen LogP contribution in [0.1, 0.15) is 27.2 Å². The number of methoxy groups -OCH3 is 1. The lowest BCUT2D eigenvalue weighted by molar-refractivity contribution is -0.150. The predicted octanol–water partition coefficient (Wildman–Crippen LogP) is 0.327. The Balaban J connectivity index is 2.13. The number of hydrogen-bond donors (Lipinski definition) is 2. The summed E-state index contributed by atoms with van der Waals surface area (Å²) in [6, 6.07) is 1.29. The fourth-order valence-electron chi connectivity index (χ4n) is 3.24. The molecule has 0 saturated carbocycles. The molecule has 9 nitrogen and oxygen atoms in total. The number of carbonyl (C=O) groups is 3. The third-order valence-corrected chi connectivity index (χ3v) is 4.75. The predicted molar refractivity (Wildman–Crippen MR) is 105 cm³/mol. The topological polar surface area (TPSA) is 118 Å². The first-order chi connectivity index (χ1) is 13.5. The lowest BCUT2D eigenvalue weighted by Gasteiger charge is -2.34. The van der Waals surface area contributed by atoms with E-state index in [0.29, 0.717) is 11.3 Å². The Morgan fingerprint density at radius 1 is 1.41 bits per heavy atom. The van der Waals surface area contributed by atoms with Crippen molar-refractivity contribution in [1.82, 2.24) is 15.2 Å². The highest BCUT2D eigenvalue weighted by atomic mass is 16.5. The van der Waals surface area contributed by atoms with E-state index in [1.165, 1.54) is 18.2 Å². The molecule has 2 rings (SSSR count). The number of amides is 2. The molecule has 1 aliphatic rings. The molecule has 1 aromatic rings. The van der Waals surface area contributed by atoms with Crippen molar-refractivity contribution in [2.45, 2.75) is 39.3 Å². The van der Waals surface area contributed by atoms with Crippen LogP contribution in [0.4, 0.5) is 4.79 Å². The first-order valence-corrected chi connectivity index (χ1v) is 9.25. The minimum Gasteiger partial charge on any atom is -0.493 e. The maximum absolute atomic E-state index is 13.1. The number of rotatable bonds is 6. The number of hydrogen-bond acceptors (Lipinski definition) is 6. The Bertz CT molecular complexity index is 767. The second kappa shape index (κ2) is 9.15. The van der Waals surface area contributed by atoms with Crippen molar-refractivity contribution in [3.8, 4) is 5.75 Å². The highest BCUT2D eigenvalue weighted by Gasteiger charge is 2.45. The van der Waals surface area contributed by atoms with Gasteiger partial charge in [-0.2, -0.15) is 0 Å². The van der Waals surface area contributed by atoms with Crippen LogP contribution in [0.25, 0.3) is 0 Å². The van der Waals surface area contributed by atoms with E-state index in [-0.39, 0.29) is 25.5 Å². The second-order valence-corrected chi connectivity index (χ2v) is 8.11. The van der Waals surface area contributed by atoms with Crippen molar-refractivity contribution in [2.75, 3.05) is 20.3 Å². The molecule has 10 heteroatoms. The number of aromatic nitrogens is 1. The Labute approximate surface area is 171 Å². The van der Waals surface area contributed by atoms with Gasteiger partial charge in [-0.15, -0.1) is 0 Å². The molecule has 1 aliphatic heterocycles. The standard InChI is InChI=1S/C19H26BN3O6/c1-19(2,3)15(22-18(27)28-4)16(24)23-9-11(7-13(23)17(25)26)10-29-12-5-6-21-14(20)8-12/h5-6,8,11,13,15H,7,9-10H2,1-4H3,(H,22,27)(H,25,26)/t11-,13+,15-/m1/s1. The van der Waals surface area contributed by atoms with Crippen molar-refractivity contribution >= 4 is 31.4 Å². The van der Waals surface area contributed by atoms with Crippen molar-refractivity contribution in [2.24, 2.45) is 11.3 Å². The zero-order valence-corrected chi connectivity index (χ0v) is 17.0. The van der Waals surface area contributed by atoms with E-state index in [1.807, 2.05) is 0 Å². The van der Waals surface area contributed by atoms with E-state index >= 15 is 0 Å². The Kier molecular flexibility index (Phi) is 7.10. The first kappa shape index (κ1) is 22.5. The van der Waals surface area contributed by atoms with Crippen LogP contribution in [-0.2, 0) is 14.3 Å². The molecule has 3 atom stereocenters. The Hall–Kier alpha value is -2.78. The smallest absolute Gasteiger partial charge is 0.407 e. The molecular weight excluding hydrogens is 377 g/mol. The summed E-state index contributed by atoms with van der Waals surface area (Å²) in [4.78, 5) is 41.8. The normalized spacial score (nSPS) is 20.1. The Morgan fingerprint density at radius 2 is 2.10 bits per heavy atom. The van der Waals surface area contributed by atoms with Crippen LogP contribution in [0.5, 0.6) is 5.75 Å². The molecule has 2 N–H and O–H groups in total. The molecule has 0 spiro atoms. The van der Waals surface area contributed by atoms with Crippen LogP contribution < -0.4 is 15.6 Å². The number of nitrogens with one attached hydrogen (secondary N) is 1. The van der Waals surface area contributed by atoms with E-state index in [9.17, 15) is 19.5 Å². The average Bonchev–Trinajstić information content (AvgIpc) is 3.07. The third kappa shape index (κ3) is 5.85. The second-order valence-electron chi connectivity index (χ2n) is 8.11. The van der Waals surface area contributed by atoms with Crippen molar-refractivity contribution in [3.05, 3.63) is 18.3 Å². The van der Waals surface area contributed by atoms with Gasteiger partial charge < -0.3 is 24.8 Å². The molecular formula is C19H26BN3O6. The van der Waals surface area contributed by atoms with Gasteiger partial charge in [-0.3, -0.25) is 9.78 Å². The van der Waals surface area contributed by atoms with Gasteiger partial charge in [-0.25, -0.2) is 9.59 Å². The number of carboxylic acid groups (broad SMARTS) is 1. The van der Waals surface area contributed by atoms with E-state index in [4.69, 9.17) is 12.6 Å². The van der Waals surface area contributed by atoms with Crippen LogP contribution >= 0.6 is 0 Å². The van der Waals surface area contributed by atoms with Crippen LogP contribution in [0.3, 0.4) is 0 Å². The molecule has 0 unspecified atom stereocenters. The number of aliphatic carboxylic acids is 1. The lowest BCUT2D eigenvalue weighted by atomic mass is 9.85. The summed E-state index contributed by atoms with van der Waals surface area (Å²) in [6.07, 6.45) is 1.01. The van der Waals surface area contributed by atoms with Gasteiger partial charge >= 0.3 is 12.1 Å². The number of carbonyl (C=O) groups excluding carboxylic acids is 2. The molecule has 2 radical (unpaired) electrons. The maximum Gasteiger partial charge on any atom is 0.407 e. The summed E-state index contributed by atoms with van der Waals surface area (Å²) < 4.78 is 10.3. The van der Waals surface area contributed by atoms with Gasteiger partial charge in [0.1, 0.15) is 25.7 Å². The Morgan fingerprint density at radius 3 is 2.66 bits per heavy atom. The quantitative estimate of drug-likeness (QED) is 0.657. The number of carboxylic acids is 1. The number of alkyl carbamates (subject to hydrolysis) is 1. The first-order valence-electron chi connectivity index (χ1n) is 9.25. The van der Waals surface area contributed by atoms with E-state index in [0.717, 1.165) is 0 Å². The minimum atomic E-state index is -1.10. The highest BCUT2D eigenvalue weighted by Crippen LogP contribution is 2.29. The molecule has 1 saturated heterocycles. The summed E-state index contributed by atoms with van der Waals surface area (Å²) in [5, 5.41) is 12.1. The minimum absolute atomic E-state index is 0.187. The third-order valence-electron chi connectivity index (χ3n) is 4.75. The molecule has 156 valence electrons. The maximum atomic E-state index is 13.1. The average molecular weight is 403 g/mol. The van der Waals surface area contributed by atoms with Crippen LogP contribution in [0.2, 0.25) is 0 Å². The highest BCUT2D eigenvalue weighted by molar-refractivity contribution is 6.30. The van der Waals surface area contributed by atoms with Gasteiger partial charge in [0.25, 0.3) is 0 Å². The van der Waals surface area contributed by atoms with Crippen molar-refractivity contribution < 1.29 is 29.0 Å². The zero-order valence-electron chi connectivity index (χ0n) is 17.0. The van der Waals surface area contributed by atoms with Crippen molar-refractivity contribution in [3.63, 3.8) is 0 Å². The number of nitrogens with zero attached hydrogens (tertiary/aromatic N) is 2. The molecule has 1 fully saturated rings. The van der Waals surface area contributed by atoms with Gasteiger partial charge in [0.05, 0.1) is 13.7 Å². The monoisotopic (exact) mass is 403 g/mol. The molecule has 2 amide bonds. The molecule has 0 aromatic carbocycles. The summed E-state index contributed by atoms with van der Waals surface area (Å²) in [7, 11) is 6.83. The zero-order chi connectivity index (χ0) is 21.8. The van der Waals surface area contributed by atoms with Crippen LogP contribution in [0.15, 0.2) is 18.3 Å². The van der Waals surface area contributed by atoms with Gasteiger partial charge in [-0.05, 0) is 29.6 Å². The summed E-state index contributed by atoms with van der Waals surface area (Å²) in [6.45, 7) is 5.77. The molecule has 29 heavy (non-hydrogen) atoms. The van der Waals surface area contributed by atoms with Crippen LogP contribution in [-0.4, -0.2) is 73.2 Å². The molecule has 1 aromatic heterocycles. The molecule has 0 aliphatic carbocycles. The van der Waals surface area contributed by atoms with Gasteiger partial charge in [0.2, 0.25) is 5.91 Å². The lowest BCUT2D eigenvalue weighted by Crippen LogP contribution is -2.56. The fourth-order valence-corrected chi connectivity index (χ4v) is 3.24. The summed E-state index contributed by atoms with van der Waals surface area (Å²) in [5.41, 5.74) is -0.326. The van der Waals surface area contributed by atoms with Crippen LogP contribution in [0, 0.1) is 11.3 Å². The molecule has 2 heterocycles. The summed E-state index contributed by atoms with van der Waals surface area (Å²) >= 11 is 0. The van der Waals surface area contributed by atoms with E-state index < -0.39 is 35.5 Å². The van der Waals surface area contributed by atoms with E-state index in [2.05, 4.69) is 15.0 Å². The summed E-state index contributed by atoms with van der Waals surface area (Å²) in [5.74, 6) is -1.23. The van der Waals surface area contributed by atoms with E-state index in [1.54, 1.807) is 32.9 Å². The van der Waals surface area contributed by atoms with Gasteiger partial charge in [0, 0.05) is 18.7 Å². The SMILES string of the molecule is [B]c1cc(OC[C@@H]2C[C@@H](C(=O)O)N(C(=O)[C@@H](NC(=O)OC)C(C)(C)C)C2)ccn1. The van der Waals surface area contributed by atoms with Gasteiger partial charge in [0.15, 0.2) is 0 Å². The van der Waals surface area contributed by atoms with Gasteiger partial charge in [-0.1, -0.05) is 20.8 Å². The van der Waals surface area contributed by atoms with Crippen molar-refractivity contribution in [1.29, 1.82) is 0 Å². The number of likely N-dealkylation sites (tertiary alicyclic amines) is 1. The number of ether oxygens (including phenoxy) is 2. The largest absolute Gasteiger partial charge is 0.493 e.